The molecule has 1 N–H and O–H groups in total. The number of anilines is 2. The standard InChI is InChI=1S/C22H14ClN3OS/c23-16-9-5-15(6-10-16)21-25-19(13-28-21)14-7-11-17(12-8-14)24-22-26-18-3-1-2-4-20(18)27-22/h1-13H,(H,24,26). The van der Waals surface area contributed by atoms with Gasteiger partial charge in [-0.1, -0.05) is 48.0 Å². The summed E-state index contributed by atoms with van der Waals surface area (Å²) >= 11 is 7.58. The lowest BCUT2D eigenvalue weighted by atomic mass is 10.1. The average Bonchev–Trinajstić information content (AvgIpc) is 3.36. The molecule has 0 saturated carbocycles. The fraction of sp³-hybridized carbons (Fsp3) is 0. The third kappa shape index (κ3) is 3.38. The molecule has 4 nitrogen and oxygen atoms in total. The normalized spacial score (nSPS) is 11.0. The zero-order valence-electron chi connectivity index (χ0n) is 14.6. The first-order valence-corrected chi connectivity index (χ1v) is 9.95. The second kappa shape index (κ2) is 7.11. The molecule has 136 valence electrons. The molecule has 28 heavy (non-hydrogen) atoms. The third-order valence-corrected chi connectivity index (χ3v) is 5.46. The number of fused-ring (bicyclic) bond motifs is 1. The van der Waals surface area contributed by atoms with Crippen molar-refractivity contribution < 1.29 is 4.42 Å². The number of nitrogens with zero attached hydrogens (tertiary/aromatic N) is 2. The molecule has 6 heteroatoms. The van der Waals surface area contributed by atoms with E-state index >= 15 is 0 Å². The maximum absolute atomic E-state index is 5.96. The first-order chi connectivity index (χ1) is 13.7. The topological polar surface area (TPSA) is 51.0 Å². The van der Waals surface area contributed by atoms with Crippen molar-refractivity contribution in [1.29, 1.82) is 0 Å². The molecule has 0 amide bonds. The smallest absolute Gasteiger partial charge is 0.300 e. The largest absolute Gasteiger partial charge is 0.423 e. The summed E-state index contributed by atoms with van der Waals surface area (Å²) in [4.78, 5) is 9.18. The number of halogens is 1. The van der Waals surface area contributed by atoms with Crippen molar-refractivity contribution in [3.8, 4) is 21.8 Å². The number of para-hydroxylation sites is 2. The number of hydrogen-bond acceptors (Lipinski definition) is 5. The van der Waals surface area contributed by atoms with Gasteiger partial charge in [0.2, 0.25) is 0 Å². The SMILES string of the molecule is Clc1ccc(-c2nc(-c3ccc(Nc4nc5ccccc5o4)cc3)cs2)cc1. The maximum Gasteiger partial charge on any atom is 0.300 e. The van der Waals surface area contributed by atoms with E-state index in [1.165, 1.54) is 0 Å². The van der Waals surface area contributed by atoms with Gasteiger partial charge in [0.1, 0.15) is 10.5 Å². The lowest BCUT2D eigenvalue weighted by molar-refractivity contribution is 0.623. The van der Waals surface area contributed by atoms with Crippen molar-refractivity contribution in [2.75, 3.05) is 5.32 Å². The van der Waals surface area contributed by atoms with Crippen LogP contribution >= 0.6 is 22.9 Å². The lowest BCUT2D eigenvalue weighted by Crippen LogP contribution is -1.90. The van der Waals surface area contributed by atoms with Crippen molar-refractivity contribution >= 4 is 45.7 Å². The summed E-state index contributed by atoms with van der Waals surface area (Å²) in [6.45, 7) is 0. The van der Waals surface area contributed by atoms with Crippen LogP contribution < -0.4 is 5.32 Å². The molecular weight excluding hydrogens is 390 g/mol. The second-order valence-electron chi connectivity index (χ2n) is 6.23. The van der Waals surface area contributed by atoms with Gasteiger partial charge in [0.05, 0.1) is 5.69 Å². The molecule has 5 aromatic rings. The molecule has 0 spiro atoms. The van der Waals surface area contributed by atoms with Gasteiger partial charge in [-0.25, -0.2) is 4.98 Å². The van der Waals surface area contributed by atoms with Crippen LogP contribution in [0.1, 0.15) is 0 Å². The molecule has 0 atom stereocenters. The van der Waals surface area contributed by atoms with Crippen LogP contribution in [0.4, 0.5) is 11.7 Å². The van der Waals surface area contributed by atoms with Crippen LogP contribution in [0, 0.1) is 0 Å². The fourth-order valence-corrected chi connectivity index (χ4v) is 3.87. The van der Waals surface area contributed by atoms with Crippen LogP contribution in [0.3, 0.4) is 0 Å². The number of benzene rings is 3. The van der Waals surface area contributed by atoms with Gasteiger partial charge >= 0.3 is 0 Å². The first-order valence-electron chi connectivity index (χ1n) is 8.69. The summed E-state index contributed by atoms with van der Waals surface area (Å²) < 4.78 is 5.71. The summed E-state index contributed by atoms with van der Waals surface area (Å²) in [7, 11) is 0. The Balaban J connectivity index is 1.35. The Kier molecular flexibility index (Phi) is 4.31. The van der Waals surface area contributed by atoms with E-state index in [0.29, 0.717) is 6.01 Å². The van der Waals surface area contributed by atoms with E-state index in [2.05, 4.69) is 15.7 Å². The Hall–Kier alpha value is -3.15. The van der Waals surface area contributed by atoms with Gasteiger partial charge in [-0.05, 0) is 36.4 Å². The Bertz CT molecular complexity index is 1210. The summed E-state index contributed by atoms with van der Waals surface area (Å²) in [5, 5.41) is 6.96. The van der Waals surface area contributed by atoms with Crippen molar-refractivity contribution in [3.05, 3.63) is 83.2 Å². The fourth-order valence-electron chi connectivity index (χ4n) is 2.90. The number of oxazole rings is 1. The molecule has 0 aliphatic rings. The molecule has 2 aromatic heterocycles. The number of rotatable bonds is 4. The van der Waals surface area contributed by atoms with Gasteiger partial charge < -0.3 is 9.73 Å². The highest BCUT2D eigenvalue weighted by Gasteiger charge is 2.08. The lowest BCUT2D eigenvalue weighted by Gasteiger charge is -2.03. The summed E-state index contributed by atoms with van der Waals surface area (Å²) in [5.41, 5.74) is 5.57. The molecule has 3 aromatic carbocycles. The van der Waals surface area contributed by atoms with Gasteiger partial charge in [0, 0.05) is 27.2 Å². The number of aromatic nitrogens is 2. The van der Waals surface area contributed by atoms with Crippen LogP contribution in [0.15, 0.2) is 82.6 Å². The average molecular weight is 404 g/mol. The van der Waals surface area contributed by atoms with Gasteiger partial charge in [0.25, 0.3) is 6.01 Å². The van der Waals surface area contributed by atoms with Crippen LogP contribution in [-0.2, 0) is 0 Å². The first kappa shape index (κ1) is 17.0. The molecule has 0 aliphatic heterocycles. The van der Waals surface area contributed by atoms with Crippen molar-refractivity contribution in [1.82, 2.24) is 9.97 Å². The summed E-state index contributed by atoms with van der Waals surface area (Å²) in [5.74, 6) is 0. The van der Waals surface area contributed by atoms with E-state index in [-0.39, 0.29) is 0 Å². The molecule has 0 saturated heterocycles. The zero-order chi connectivity index (χ0) is 18.9. The molecule has 0 fully saturated rings. The summed E-state index contributed by atoms with van der Waals surface area (Å²) in [6, 6.07) is 24.0. The van der Waals surface area contributed by atoms with Crippen molar-refractivity contribution in [2.24, 2.45) is 0 Å². The highest BCUT2D eigenvalue weighted by Crippen LogP contribution is 2.30. The van der Waals surface area contributed by atoms with Crippen LogP contribution in [-0.4, -0.2) is 9.97 Å². The Morgan fingerprint density at radius 2 is 1.57 bits per heavy atom. The number of hydrogen-bond donors (Lipinski definition) is 1. The predicted octanol–water partition coefficient (Wildman–Crippen LogP) is 7.02. The van der Waals surface area contributed by atoms with E-state index < -0.39 is 0 Å². The number of nitrogens with one attached hydrogen (secondary N) is 1. The second-order valence-corrected chi connectivity index (χ2v) is 7.53. The minimum absolute atomic E-state index is 0.479. The van der Waals surface area contributed by atoms with E-state index in [0.717, 1.165) is 43.6 Å². The van der Waals surface area contributed by atoms with Crippen LogP contribution in [0.5, 0.6) is 0 Å². The van der Waals surface area contributed by atoms with Crippen molar-refractivity contribution in [3.63, 3.8) is 0 Å². The molecular formula is C22H14ClN3OS. The number of thiazole rings is 1. The highest BCUT2D eigenvalue weighted by atomic mass is 35.5. The zero-order valence-corrected chi connectivity index (χ0v) is 16.2. The van der Waals surface area contributed by atoms with Gasteiger partial charge in [-0.2, -0.15) is 4.98 Å². The van der Waals surface area contributed by atoms with Gasteiger partial charge in [-0.3, -0.25) is 0 Å². The molecule has 0 aliphatic carbocycles. The molecule has 0 bridgehead atoms. The maximum atomic E-state index is 5.96. The molecule has 5 rings (SSSR count). The Morgan fingerprint density at radius 3 is 2.36 bits per heavy atom. The minimum Gasteiger partial charge on any atom is -0.423 e. The quantitative estimate of drug-likeness (QED) is 0.350. The third-order valence-electron chi connectivity index (χ3n) is 4.32. The molecule has 0 unspecified atom stereocenters. The van der Waals surface area contributed by atoms with Crippen LogP contribution in [0.25, 0.3) is 32.9 Å². The summed E-state index contributed by atoms with van der Waals surface area (Å²) in [6.07, 6.45) is 0. The van der Waals surface area contributed by atoms with Gasteiger partial charge in [0.15, 0.2) is 5.58 Å². The van der Waals surface area contributed by atoms with Gasteiger partial charge in [-0.15, -0.1) is 11.3 Å². The Labute approximate surface area is 170 Å². The Morgan fingerprint density at radius 1 is 0.821 bits per heavy atom. The molecule has 0 radical (unpaired) electrons. The predicted molar refractivity (Wildman–Crippen MR) is 115 cm³/mol. The van der Waals surface area contributed by atoms with Crippen LogP contribution in [0.2, 0.25) is 5.02 Å². The molecule has 2 heterocycles. The van der Waals surface area contributed by atoms with E-state index in [4.69, 9.17) is 21.0 Å². The highest BCUT2D eigenvalue weighted by molar-refractivity contribution is 7.13. The monoisotopic (exact) mass is 403 g/mol. The minimum atomic E-state index is 0.479. The van der Waals surface area contributed by atoms with E-state index in [1.54, 1.807) is 11.3 Å². The van der Waals surface area contributed by atoms with E-state index in [1.807, 2.05) is 72.8 Å². The van der Waals surface area contributed by atoms with E-state index in [9.17, 15) is 0 Å². The van der Waals surface area contributed by atoms with Crippen molar-refractivity contribution in [2.45, 2.75) is 0 Å².